The van der Waals surface area contributed by atoms with E-state index in [1.54, 1.807) is 10.7 Å². The van der Waals surface area contributed by atoms with Crippen LogP contribution in [-0.4, -0.2) is 58.2 Å². The predicted molar refractivity (Wildman–Crippen MR) is 95.5 cm³/mol. The summed E-state index contributed by atoms with van der Waals surface area (Å²) in [5.41, 5.74) is 2.32. The zero-order chi connectivity index (χ0) is 17.4. The van der Waals surface area contributed by atoms with Gasteiger partial charge in [-0.1, -0.05) is 6.42 Å². The summed E-state index contributed by atoms with van der Waals surface area (Å²) in [6, 6.07) is 2.13. The van der Waals surface area contributed by atoms with E-state index in [2.05, 4.69) is 10.00 Å². The topological polar surface area (TPSA) is 58.4 Å². The second-order valence-electron chi connectivity index (χ2n) is 7.98. The molecule has 3 heterocycles. The summed E-state index contributed by atoms with van der Waals surface area (Å²) in [7, 11) is 1.95. The summed E-state index contributed by atoms with van der Waals surface area (Å²) in [5.74, 6) is 0.782. The number of aromatic nitrogens is 2. The number of carbonyl (C=O) groups excluding carboxylic acids is 1. The van der Waals surface area contributed by atoms with E-state index in [1.807, 2.05) is 11.9 Å². The van der Waals surface area contributed by atoms with Crippen molar-refractivity contribution in [1.29, 1.82) is 0 Å². The molecule has 1 aromatic heterocycles. The lowest BCUT2D eigenvalue weighted by Crippen LogP contribution is -2.54. The highest BCUT2D eigenvalue weighted by atomic mass is 16.2. The third-order valence-electron chi connectivity index (χ3n) is 6.08. The van der Waals surface area contributed by atoms with Gasteiger partial charge < -0.3 is 9.80 Å². The molecule has 3 aliphatic rings. The highest BCUT2D eigenvalue weighted by Gasteiger charge is 2.32. The first-order valence-corrected chi connectivity index (χ1v) is 9.68. The summed E-state index contributed by atoms with van der Waals surface area (Å²) in [4.78, 5) is 28.6. The molecule has 2 aliphatic heterocycles. The first-order valence-electron chi connectivity index (χ1n) is 9.68. The van der Waals surface area contributed by atoms with Crippen LogP contribution in [0.4, 0.5) is 0 Å². The van der Waals surface area contributed by atoms with Crippen LogP contribution in [0.1, 0.15) is 43.4 Å². The molecule has 2 saturated heterocycles. The van der Waals surface area contributed by atoms with E-state index in [4.69, 9.17) is 0 Å². The van der Waals surface area contributed by atoms with Crippen molar-refractivity contribution in [3.63, 3.8) is 0 Å². The van der Waals surface area contributed by atoms with Crippen molar-refractivity contribution in [2.45, 2.75) is 57.5 Å². The SMILES string of the molecule is CN1C(=O)CCCCC1CN1CC(Cn2nc3c(cc2=O)CCC3)C1. The molecule has 1 unspecified atom stereocenters. The monoisotopic (exact) mass is 344 g/mol. The molecule has 136 valence electrons. The molecule has 2 fully saturated rings. The number of nitrogens with zero attached hydrogens (tertiary/aromatic N) is 4. The third kappa shape index (κ3) is 3.50. The number of fused-ring (bicyclic) bond motifs is 1. The van der Waals surface area contributed by atoms with E-state index >= 15 is 0 Å². The number of likely N-dealkylation sites (tertiary alicyclic amines) is 2. The van der Waals surface area contributed by atoms with Crippen molar-refractivity contribution in [3.8, 4) is 0 Å². The molecule has 0 N–H and O–H groups in total. The Balaban J connectivity index is 1.31. The Labute approximate surface area is 148 Å². The maximum absolute atomic E-state index is 12.2. The highest BCUT2D eigenvalue weighted by molar-refractivity contribution is 5.76. The zero-order valence-corrected chi connectivity index (χ0v) is 15.1. The zero-order valence-electron chi connectivity index (χ0n) is 15.1. The molecule has 4 rings (SSSR count). The summed E-state index contributed by atoms with van der Waals surface area (Å²) >= 11 is 0. The molecule has 0 saturated carbocycles. The number of carbonyl (C=O) groups is 1. The Morgan fingerprint density at radius 1 is 1.08 bits per heavy atom. The molecular formula is C19H28N4O2. The van der Waals surface area contributed by atoms with Gasteiger partial charge in [0.25, 0.3) is 5.56 Å². The standard InChI is InChI=1S/C19H28N4O2/c1-21-16(6-2-3-8-18(21)24)13-22-10-14(11-22)12-23-19(25)9-15-5-4-7-17(15)20-23/h9,14,16H,2-8,10-13H2,1H3. The fourth-order valence-electron chi connectivity index (χ4n) is 4.50. The first kappa shape index (κ1) is 16.8. The number of aryl methyl sites for hydroxylation is 2. The van der Waals surface area contributed by atoms with E-state index in [9.17, 15) is 9.59 Å². The lowest BCUT2D eigenvalue weighted by Gasteiger charge is -2.42. The van der Waals surface area contributed by atoms with Crippen molar-refractivity contribution in [2.75, 3.05) is 26.7 Å². The largest absolute Gasteiger partial charge is 0.341 e. The Kier molecular flexibility index (Phi) is 4.63. The van der Waals surface area contributed by atoms with Gasteiger partial charge in [-0.05, 0) is 37.7 Å². The fourth-order valence-corrected chi connectivity index (χ4v) is 4.50. The molecule has 0 aromatic carbocycles. The molecule has 6 heteroatoms. The molecule has 0 spiro atoms. The second kappa shape index (κ2) is 6.90. The van der Waals surface area contributed by atoms with Crippen molar-refractivity contribution in [1.82, 2.24) is 19.6 Å². The van der Waals surface area contributed by atoms with Gasteiger partial charge in [-0.2, -0.15) is 5.10 Å². The van der Waals surface area contributed by atoms with Gasteiger partial charge in [-0.25, -0.2) is 4.68 Å². The second-order valence-corrected chi connectivity index (χ2v) is 7.98. The highest BCUT2D eigenvalue weighted by Crippen LogP contribution is 2.23. The Bertz CT molecular complexity index is 708. The Morgan fingerprint density at radius 2 is 1.92 bits per heavy atom. The van der Waals surface area contributed by atoms with Gasteiger partial charge in [-0.15, -0.1) is 0 Å². The Hall–Kier alpha value is -1.69. The molecular weight excluding hydrogens is 316 g/mol. The maximum Gasteiger partial charge on any atom is 0.267 e. The molecule has 0 radical (unpaired) electrons. The quantitative estimate of drug-likeness (QED) is 0.820. The van der Waals surface area contributed by atoms with Crippen molar-refractivity contribution in [2.24, 2.45) is 5.92 Å². The van der Waals surface area contributed by atoms with Gasteiger partial charge in [-0.3, -0.25) is 9.59 Å². The molecule has 6 nitrogen and oxygen atoms in total. The maximum atomic E-state index is 12.2. The average molecular weight is 344 g/mol. The number of rotatable bonds is 4. The minimum atomic E-state index is 0.0493. The van der Waals surface area contributed by atoms with Crippen molar-refractivity contribution in [3.05, 3.63) is 27.7 Å². The van der Waals surface area contributed by atoms with Crippen LogP contribution in [0.2, 0.25) is 0 Å². The van der Waals surface area contributed by atoms with Gasteiger partial charge >= 0.3 is 0 Å². The van der Waals surface area contributed by atoms with Crippen LogP contribution in [0.25, 0.3) is 0 Å². The summed E-state index contributed by atoms with van der Waals surface area (Å²) in [5, 5.41) is 4.58. The molecule has 0 bridgehead atoms. The van der Waals surface area contributed by atoms with Gasteiger partial charge in [0.1, 0.15) is 0 Å². The van der Waals surface area contributed by atoms with Crippen LogP contribution in [0.3, 0.4) is 0 Å². The first-order chi connectivity index (χ1) is 12.1. The van der Waals surface area contributed by atoms with Crippen LogP contribution in [0.5, 0.6) is 0 Å². The summed E-state index contributed by atoms with van der Waals surface area (Å²) in [6.07, 6.45) is 7.10. The summed E-state index contributed by atoms with van der Waals surface area (Å²) in [6.45, 7) is 3.70. The van der Waals surface area contributed by atoms with Gasteiger partial charge in [0.2, 0.25) is 5.91 Å². The normalized spacial score (nSPS) is 24.9. The molecule has 1 aliphatic carbocycles. The van der Waals surface area contributed by atoms with Crippen LogP contribution in [-0.2, 0) is 24.2 Å². The van der Waals surface area contributed by atoms with Gasteiger partial charge in [0, 0.05) is 51.1 Å². The lowest BCUT2D eigenvalue weighted by atomic mass is 9.98. The van der Waals surface area contributed by atoms with E-state index in [-0.39, 0.29) is 11.5 Å². The van der Waals surface area contributed by atoms with Crippen LogP contribution < -0.4 is 5.56 Å². The van der Waals surface area contributed by atoms with Crippen LogP contribution in [0, 0.1) is 5.92 Å². The smallest absolute Gasteiger partial charge is 0.267 e. The van der Waals surface area contributed by atoms with Crippen molar-refractivity contribution < 1.29 is 4.79 Å². The van der Waals surface area contributed by atoms with Crippen molar-refractivity contribution >= 4 is 5.91 Å². The molecule has 1 atom stereocenters. The lowest BCUT2D eigenvalue weighted by molar-refractivity contribution is -0.132. The number of hydrogen-bond donors (Lipinski definition) is 0. The fraction of sp³-hybridized carbons (Fsp3) is 0.737. The minimum absolute atomic E-state index is 0.0493. The van der Waals surface area contributed by atoms with Gasteiger partial charge in [0.05, 0.1) is 12.2 Å². The van der Waals surface area contributed by atoms with E-state index in [0.717, 1.165) is 76.0 Å². The number of amides is 1. The number of likely N-dealkylation sites (N-methyl/N-ethyl adjacent to an activating group) is 1. The Morgan fingerprint density at radius 3 is 2.76 bits per heavy atom. The predicted octanol–water partition coefficient (Wildman–Crippen LogP) is 1.06. The van der Waals surface area contributed by atoms with E-state index < -0.39 is 0 Å². The van der Waals surface area contributed by atoms with E-state index in [1.165, 1.54) is 0 Å². The van der Waals surface area contributed by atoms with Gasteiger partial charge in [0.15, 0.2) is 0 Å². The summed E-state index contributed by atoms with van der Waals surface area (Å²) < 4.78 is 1.67. The van der Waals surface area contributed by atoms with Crippen LogP contribution >= 0.6 is 0 Å². The molecule has 25 heavy (non-hydrogen) atoms. The van der Waals surface area contributed by atoms with E-state index in [0.29, 0.717) is 18.4 Å². The minimum Gasteiger partial charge on any atom is -0.341 e. The number of hydrogen-bond acceptors (Lipinski definition) is 4. The average Bonchev–Trinajstić information content (AvgIpc) is 2.94. The molecule has 1 aromatic rings. The molecule has 1 amide bonds. The third-order valence-corrected chi connectivity index (χ3v) is 6.08. The van der Waals surface area contributed by atoms with Crippen LogP contribution in [0.15, 0.2) is 10.9 Å².